The second kappa shape index (κ2) is 8.06. The maximum absolute atomic E-state index is 13.2. The average molecular weight is 495 g/mol. The Morgan fingerprint density at radius 2 is 1.69 bits per heavy atom. The Hall–Kier alpha value is -3.19. The number of aliphatic hydroxyl groups is 1. The second-order valence-corrected chi connectivity index (χ2v) is 9.80. The van der Waals surface area contributed by atoms with Crippen LogP contribution in [0.15, 0.2) is 69.2 Å². The van der Waals surface area contributed by atoms with Crippen LogP contribution in [0.1, 0.15) is 49.3 Å². The van der Waals surface area contributed by atoms with E-state index in [2.05, 4.69) is 21.1 Å². The lowest BCUT2D eigenvalue weighted by Gasteiger charge is -2.23. The van der Waals surface area contributed by atoms with Crippen molar-refractivity contribution in [1.82, 2.24) is 5.16 Å². The molecule has 164 valence electrons. The van der Waals surface area contributed by atoms with Crippen LogP contribution < -0.4 is 4.90 Å². The topological polar surface area (TPSA) is 83.6 Å². The van der Waals surface area contributed by atoms with Crippen LogP contribution >= 0.6 is 15.9 Å². The van der Waals surface area contributed by atoms with Crippen LogP contribution in [0.3, 0.4) is 0 Å². The van der Waals surface area contributed by atoms with E-state index in [1.807, 2.05) is 52.0 Å². The largest absolute Gasteiger partial charge is 0.507 e. The fraction of sp³-hybridized carbons (Fsp3) is 0.240. The van der Waals surface area contributed by atoms with Gasteiger partial charge in [0.05, 0.1) is 11.6 Å². The average Bonchev–Trinajstić information content (AvgIpc) is 3.32. The summed E-state index contributed by atoms with van der Waals surface area (Å²) in [4.78, 5) is 27.6. The van der Waals surface area contributed by atoms with Gasteiger partial charge in [0.2, 0.25) is 0 Å². The van der Waals surface area contributed by atoms with Crippen LogP contribution in [0.25, 0.3) is 5.76 Å². The van der Waals surface area contributed by atoms with Gasteiger partial charge in [-0.15, -0.1) is 0 Å². The zero-order chi connectivity index (χ0) is 23.2. The van der Waals surface area contributed by atoms with Crippen molar-refractivity contribution in [3.63, 3.8) is 0 Å². The van der Waals surface area contributed by atoms with Crippen molar-refractivity contribution in [2.24, 2.45) is 0 Å². The highest BCUT2D eigenvalue weighted by Gasteiger charge is 2.48. The molecule has 0 bridgehead atoms. The Morgan fingerprint density at radius 3 is 2.25 bits per heavy atom. The Balaban J connectivity index is 1.91. The highest BCUT2D eigenvalue weighted by Crippen LogP contribution is 2.42. The van der Waals surface area contributed by atoms with E-state index in [0.29, 0.717) is 16.9 Å². The van der Waals surface area contributed by atoms with Crippen molar-refractivity contribution in [3.8, 4) is 0 Å². The summed E-state index contributed by atoms with van der Waals surface area (Å²) in [5.74, 6) is -0.940. The van der Waals surface area contributed by atoms with Crippen LogP contribution in [0.2, 0.25) is 0 Å². The molecule has 32 heavy (non-hydrogen) atoms. The number of anilines is 1. The summed E-state index contributed by atoms with van der Waals surface area (Å²) in [6, 6.07) is 15.2. The molecule has 1 fully saturated rings. The van der Waals surface area contributed by atoms with Crippen molar-refractivity contribution < 1.29 is 19.2 Å². The molecule has 1 saturated heterocycles. The lowest BCUT2D eigenvalue weighted by molar-refractivity contribution is -0.132. The molecule has 6 nitrogen and oxygen atoms in total. The Morgan fingerprint density at radius 1 is 1.06 bits per heavy atom. The zero-order valence-corrected chi connectivity index (χ0v) is 19.8. The molecular weight excluding hydrogens is 472 g/mol. The van der Waals surface area contributed by atoms with Gasteiger partial charge in [-0.25, -0.2) is 0 Å². The minimum absolute atomic E-state index is 0.0153. The molecule has 0 unspecified atom stereocenters. The third kappa shape index (κ3) is 3.88. The number of nitrogens with zero attached hydrogens (tertiary/aromatic N) is 2. The monoisotopic (exact) mass is 494 g/mol. The van der Waals surface area contributed by atoms with Crippen molar-refractivity contribution in [2.75, 3.05) is 4.90 Å². The molecule has 1 aromatic heterocycles. The Bertz CT molecular complexity index is 1220. The summed E-state index contributed by atoms with van der Waals surface area (Å²) in [6.45, 7) is 7.86. The van der Waals surface area contributed by atoms with Gasteiger partial charge in [0.15, 0.2) is 5.82 Å². The van der Waals surface area contributed by atoms with Gasteiger partial charge >= 0.3 is 5.91 Å². The molecule has 0 radical (unpaired) electrons. The van der Waals surface area contributed by atoms with E-state index in [0.717, 1.165) is 10.0 Å². The number of aromatic nitrogens is 1. The number of ketones is 1. The summed E-state index contributed by atoms with van der Waals surface area (Å²) in [7, 11) is 0. The maximum atomic E-state index is 13.2. The van der Waals surface area contributed by atoms with Crippen molar-refractivity contribution in [2.45, 2.75) is 39.2 Å². The van der Waals surface area contributed by atoms with Crippen LogP contribution in [0.5, 0.6) is 0 Å². The first kappa shape index (κ1) is 22.0. The normalized spacial score (nSPS) is 18.4. The molecule has 4 rings (SSSR count). The standard InChI is InChI=1S/C25H23BrN2O4/c1-14-5-7-15(8-6-14)21-20(22(29)16-9-11-17(26)12-10-16)23(30)24(31)28(21)19-13-18(32-27-19)25(2,3)4/h5-13,21,29H,1-4H3/t21-/m0/s1. The molecule has 1 aliphatic heterocycles. The third-order valence-electron chi connectivity index (χ3n) is 5.44. The van der Waals surface area contributed by atoms with Crippen LogP contribution in [0, 0.1) is 6.92 Å². The summed E-state index contributed by atoms with van der Waals surface area (Å²) in [6.07, 6.45) is 0. The van der Waals surface area contributed by atoms with E-state index in [1.54, 1.807) is 30.3 Å². The third-order valence-corrected chi connectivity index (χ3v) is 5.97. The summed E-state index contributed by atoms with van der Waals surface area (Å²) in [5.41, 5.74) is 1.86. The van der Waals surface area contributed by atoms with E-state index in [9.17, 15) is 14.7 Å². The highest BCUT2D eigenvalue weighted by molar-refractivity contribution is 9.10. The highest BCUT2D eigenvalue weighted by atomic mass is 79.9. The number of hydrogen-bond acceptors (Lipinski definition) is 5. The fourth-order valence-electron chi connectivity index (χ4n) is 3.63. The first-order valence-electron chi connectivity index (χ1n) is 10.2. The lowest BCUT2D eigenvalue weighted by Crippen LogP contribution is -2.29. The second-order valence-electron chi connectivity index (χ2n) is 8.89. The minimum atomic E-state index is -0.836. The minimum Gasteiger partial charge on any atom is -0.507 e. The summed E-state index contributed by atoms with van der Waals surface area (Å²) < 4.78 is 6.32. The van der Waals surface area contributed by atoms with Gasteiger partial charge < -0.3 is 9.63 Å². The number of aliphatic hydroxyl groups excluding tert-OH is 1. The molecule has 3 aromatic rings. The molecule has 2 aromatic carbocycles. The molecule has 0 spiro atoms. The van der Waals surface area contributed by atoms with Crippen molar-refractivity contribution >= 4 is 39.2 Å². The number of Topliss-reactive ketones (excluding diaryl/α,β-unsaturated/α-hetero) is 1. The van der Waals surface area contributed by atoms with Gasteiger partial charge in [-0.05, 0) is 24.6 Å². The van der Waals surface area contributed by atoms with Gasteiger partial charge in [0.25, 0.3) is 5.78 Å². The quantitative estimate of drug-likeness (QED) is 0.288. The fourth-order valence-corrected chi connectivity index (χ4v) is 3.89. The summed E-state index contributed by atoms with van der Waals surface area (Å²) >= 11 is 3.37. The van der Waals surface area contributed by atoms with E-state index in [1.165, 1.54) is 4.90 Å². The SMILES string of the molecule is Cc1ccc([C@H]2C(=C(O)c3ccc(Br)cc3)C(=O)C(=O)N2c2cc(C(C)(C)C)on2)cc1. The molecule has 0 aliphatic carbocycles. The first-order chi connectivity index (χ1) is 15.1. The Kier molecular flexibility index (Phi) is 5.54. The lowest BCUT2D eigenvalue weighted by atomic mass is 9.93. The van der Waals surface area contributed by atoms with E-state index in [4.69, 9.17) is 4.52 Å². The number of aryl methyl sites for hydroxylation is 1. The Labute approximate surface area is 194 Å². The van der Waals surface area contributed by atoms with E-state index in [-0.39, 0.29) is 22.6 Å². The van der Waals surface area contributed by atoms with Crippen molar-refractivity contribution in [1.29, 1.82) is 0 Å². The molecule has 7 heteroatoms. The number of carbonyl (C=O) groups is 2. The molecule has 1 atom stereocenters. The predicted molar refractivity (Wildman–Crippen MR) is 125 cm³/mol. The predicted octanol–water partition coefficient (Wildman–Crippen LogP) is 5.67. The molecule has 1 amide bonds. The molecule has 2 heterocycles. The number of halogens is 1. The number of amides is 1. The van der Waals surface area contributed by atoms with Gasteiger partial charge in [-0.3, -0.25) is 14.5 Å². The first-order valence-corrected chi connectivity index (χ1v) is 11.0. The number of hydrogen-bond donors (Lipinski definition) is 1. The van der Waals surface area contributed by atoms with E-state index < -0.39 is 17.7 Å². The van der Waals surface area contributed by atoms with Crippen molar-refractivity contribution in [3.05, 3.63) is 87.1 Å². The number of carbonyl (C=O) groups excluding carboxylic acids is 2. The van der Waals surface area contributed by atoms with Crippen LogP contribution in [-0.4, -0.2) is 22.0 Å². The summed E-state index contributed by atoms with van der Waals surface area (Å²) in [5, 5.41) is 15.2. The van der Waals surface area contributed by atoms with Gasteiger partial charge in [0.1, 0.15) is 11.5 Å². The van der Waals surface area contributed by atoms with E-state index >= 15 is 0 Å². The molecule has 1 N–H and O–H groups in total. The molecule has 0 saturated carbocycles. The smallest absolute Gasteiger partial charge is 0.301 e. The van der Waals surface area contributed by atoms with Gasteiger partial charge in [0, 0.05) is 21.5 Å². The number of rotatable bonds is 3. The number of benzene rings is 2. The van der Waals surface area contributed by atoms with Gasteiger partial charge in [-0.1, -0.05) is 83.8 Å². The zero-order valence-electron chi connectivity index (χ0n) is 18.2. The van der Waals surface area contributed by atoms with Gasteiger partial charge in [-0.2, -0.15) is 0 Å². The van der Waals surface area contributed by atoms with Crippen LogP contribution in [0.4, 0.5) is 5.82 Å². The molecular formula is C25H23BrN2O4. The van der Waals surface area contributed by atoms with Crippen LogP contribution in [-0.2, 0) is 15.0 Å². The maximum Gasteiger partial charge on any atom is 0.301 e. The molecule has 1 aliphatic rings.